The molecule has 4 rings (SSSR count). The highest BCUT2D eigenvalue weighted by Crippen LogP contribution is 2.31. The summed E-state index contributed by atoms with van der Waals surface area (Å²) < 4.78 is 7.59. The van der Waals surface area contributed by atoms with Crippen molar-refractivity contribution in [1.82, 2.24) is 24.7 Å². The summed E-state index contributed by atoms with van der Waals surface area (Å²) >= 11 is 1.44. The number of rotatable bonds is 10. The maximum absolute atomic E-state index is 13.4. The number of benzene rings is 1. The monoisotopic (exact) mass is 449 g/mol. The van der Waals surface area contributed by atoms with Gasteiger partial charge in [-0.15, -0.1) is 10.2 Å². The molecule has 0 radical (unpaired) electrons. The number of hydrogen-bond donors (Lipinski definition) is 1. The van der Waals surface area contributed by atoms with Gasteiger partial charge >= 0.3 is 0 Å². The van der Waals surface area contributed by atoms with Crippen molar-refractivity contribution in [2.45, 2.75) is 44.1 Å². The SMILES string of the molecule is CCOCCCn1c(S[C@H](C)C(=O)c2c(C)[nH]c3ccccc23)nnc1-c1ccncc1. The van der Waals surface area contributed by atoms with Gasteiger partial charge in [0.05, 0.1) is 5.25 Å². The minimum atomic E-state index is -0.312. The zero-order valence-corrected chi connectivity index (χ0v) is 19.4. The number of H-pyrrole nitrogens is 1. The molecule has 0 saturated carbocycles. The molecule has 1 N–H and O–H groups in total. The molecule has 32 heavy (non-hydrogen) atoms. The zero-order chi connectivity index (χ0) is 22.5. The zero-order valence-electron chi connectivity index (χ0n) is 18.5. The number of fused-ring (bicyclic) bond motifs is 1. The summed E-state index contributed by atoms with van der Waals surface area (Å²) in [5.41, 5.74) is 3.56. The molecule has 7 nitrogen and oxygen atoms in total. The molecule has 8 heteroatoms. The van der Waals surface area contributed by atoms with Crippen molar-refractivity contribution in [2.75, 3.05) is 13.2 Å². The minimum absolute atomic E-state index is 0.0827. The molecule has 0 aliphatic heterocycles. The van der Waals surface area contributed by atoms with Crippen LogP contribution < -0.4 is 0 Å². The number of aryl methyl sites for hydroxylation is 1. The number of aromatic amines is 1. The molecule has 0 saturated heterocycles. The van der Waals surface area contributed by atoms with Crippen molar-refractivity contribution in [3.8, 4) is 11.4 Å². The molecule has 0 fully saturated rings. The van der Waals surface area contributed by atoms with Gasteiger partial charge in [-0.05, 0) is 45.4 Å². The first-order valence-corrected chi connectivity index (χ1v) is 11.7. The third kappa shape index (κ3) is 4.61. The summed E-state index contributed by atoms with van der Waals surface area (Å²) in [6, 6.07) is 11.7. The van der Waals surface area contributed by atoms with Gasteiger partial charge in [0.2, 0.25) is 0 Å². The summed E-state index contributed by atoms with van der Waals surface area (Å²) in [5.74, 6) is 0.855. The third-order valence-corrected chi connectivity index (χ3v) is 6.40. The normalized spacial score (nSPS) is 12.3. The van der Waals surface area contributed by atoms with Gasteiger partial charge in [-0.2, -0.15) is 0 Å². The first-order chi connectivity index (χ1) is 15.6. The van der Waals surface area contributed by atoms with Crippen molar-refractivity contribution in [3.63, 3.8) is 0 Å². The Labute approximate surface area is 191 Å². The number of carbonyl (C=O) groups is 1. The minimum Gasteiger partial charge on any atom is -0.382 e. The van der Waals surface area contributed by atoms with Crippen LogP contribution in [-0.4, -0.2) is 49.0 Å². The van der Waals surface area contributed by atoms with Gasteiger partial charge in [0.15, 0.2) is 16.8 Å². The van der Waals surface area contributed by atoms with Crippen LogP contribution in [0.2, 0.25) is 0 Å². The second-order valence-electron chi connectivity index (χ2n) is 7.54. The maximum Gasteiger partial charge on any atom is 0.192 e. The molecule has 1 aromatic carbocycles. The number of hydrogen-bond acceptors (Lipinski definition) is 6. The predicted octanol–water partition coefficient (Wildman–Crippen LogP) is 4.92. The van der Waals surface area contributed by atoms with Gasteiger partial charge in [-0.1, -0.05) is 30.0 Å². The first-order valence-electron chi connectivity index (χ1n) is 10.8. The average molecular weight is 450 g/mol. The third-order valence-electron chi connectivity index (χ3n) is 5.32. The molecule has 0 aliphatic rings. The van der Waals surface area contributed by atoms with E-state index in [9.17, 15) is 4.79 Å². The fourth-order valence-electron chi connectivity index (χ4n) is 3.77. The van der Waals surface area contributed by atoms with E-state index in [0.29, 0.717) is 19.8 Å². The Balaban J connectivity index is 1.60. The summed E-state index contributed by atoms with van der Waals surface area (Å²) in [6.45, 7) is 7.93. The van der Waals surface area contributed by atoms with Crippen molar-refractivity contribution < 1.29 is 9.53 Å². The van der Waals surface area contributed by atoms with E-state index < -0.39 is 0 Å². The number of Topliss-reactive ketones (excluding diaryl/α,β-unsaturated/α-hetero) is 1. The van der Waals surface area contributed by atoms with Gasteiger partial charge < -0.3 is 14.3 Å². The van der Waals surface area contributed by atoms with Crippen LogP contribution in [-0.2, 0) is 11.3 Å². The lowest BCUT2D eigenvalue weighted by molar-refractivity contribution is 0.0994. The Bertz CT molecular complexity index is 1200. The molecule has 0 amide bonds. The van der Waals surface area contributed by atoms with Crippen LogP contribution in [0.15, 0.2) is 53.9 Å². The smallest absolute Gasteiger partial charge is 0.192 e. The predicted molar refractivity (Wildman–Crippen MR) is 127 cm³/mol. The highest BCUT2D eigenvalue weighted by atomic mass is 32.2. The molecule has 166 valence electrons. The van der Waals surface area contributed by atoms with Crippen LogP contribution in [0.25, 0.3) is 22.3 Å². The number of ketones is 1. The number of ether oxygens (including phenoxy) is 1. The molecule has 4 aromatic rings. The Morgan fingerprint density at radius 3 is 2.75 bits per heavy atom. The molecule has 0 bridgehead atoms. The number of aromatic nitrogens is 5. The van der Waals surface area contributed by atoms with Crippen molar-refractivity contribution in [1.29, 1.82) is 0 Å². The molecular weight excluding hydrogens is 422 g/mol. The number of para-hydroxylation sites is 1. The number of carbonyl (C=O) groups excluding carboxylic acids is 1. The highest BCUT2D eigenvalue weighted by molar-refractivity contribution is 8.00. The maximum atomic E-state index is 13.4. The van der Waals surface area contributed by atoms with E-state index in [1.165, 1.54) is 11.8 Å². The number of thioether (sulfide) groups is 1. The quantitative estimate of drug-likeness (QED) is 0.210. The van der Waals surface area contributed by atoms with E-state index in [0.717, 1.165) is 45.1 Å². The largest absolute Gasteiger partial charge is 0.382 e. The van der Waals surface area contributed by atoms with E-state index in [-0.39, 0.29) is 11.0 Å². The average Bonchev–Trinajstić information content (AvgIpc) is 3.36. The number of pyridine rings is 1. The van der Waals surface area contributed by atoms with Crippen molar-refractivity contribution in [2.24, 2.45) is 0 Å². The van der Waals surface area contributed by atoms with E-state index >= 15 is 0 Å². The molecule has 3 aromatic heterocycles. The van der Waals surface area contributed by atoms with E-state index in [4.69, 9.17) is 4.74 Å². The first kappa shape index (κ1) is 22.2. The second-order valence-corrected chi connectivity index (χ2v) is 8.85. The molecule has 0 spiro atoms. The lowest BCUT2D eigenvalue weighted by atomic mass is 10.1. The molecule has 1 atom stereocenters. The molecule has 0 aliphatic carbocycles. The molecule has 3 heterocycles. The number of nitrogens with one attached hydrogen (secondary N) is 1. The Kier molecular flexibility index (Phi) is 7.02. The van der Waals surface area contributed by atoms with Crippen LogP contribution in [0.4, 0.5) is 0 Å². The van der Waals surface area contributed by atoms with Gasteiger partial charge in [0, 0.05) is 59.9 Å². The van der Waals surface area contributed by atoms with Crippen molar-refractivity contribution >= 4 is 28.4 Å². The van der Waals surface area contributed by atoms with Gasteiger partial charge in [0.1, 0.15) is 0 Å². The van der Waals surface area contributed by atoms with Crippen LogP contribution in [0.5, 0.6) is 0 Å². The summed E-state index contributed by atoms with van der Waals surface area (Å²) in [6.07, 6.45) is 4.32. The molecular formula is C24H27N5O2S. The van der Waals surface area contributed by atoms with Crippen molar-refractivity contribution in [3.05, 3.63) is 60.0 Å². The van der Waals surface area contributed by atoms with E-state index in [1.807, 2.05) is 57.2 Å². The topological polar surface area (TPSA) is 85.7 Å². The van der Waals surface area contributed by atoms with Gasteiger partial charge in [-0.3, -0.25) is 9.78 Å². The van der Waals surface area contributed by atoms with Crippen LogP contribution >= 0.6 is 11.8 Å². The number of nitrogens with zero attached hydrogens (tertiary/aromatic N) is 4. The molecule has 0 unspecified atom stereocenters. The van der Waals surface area contributed by atoms with Crippen LogP contribution in [0.1, 0.15) is 36.3 Å². The highest BCUT2D eigenvalue weighted by Gasteiger charge is 2.25. The standard InChI is InChI=1S/C24H27N5O2S/c1-4-31-15-7-14-29-23(18-10-12-25-13-11-18)27-28-24(29)32-17(3)22(30)21-16(2)26-20-9-6-5-8-19(20)21/h5-6,8-13,17,26H,4,7,14-15H2,1-3H3/t17-/m1/s1. The Hall–Kier alpha value is -2.97. The van der Waals surface area contributed by atoms with Gasteiger partial charge in [0.25, 0.3) is 0 Å². The van der Waals surface area contributed by atoms with Crippen LogP contribution in [0, 0.1) is 6.92 Å². The van der Waals surface area contributed by atoms with E-state index in [2.05, 4.69) is 24.7 Å². The van der Waals surface area contributed by atoms with Gasteiger partial charge in [-0.25, -0.2) is 0 Å². The van der Waals surface area contributed by atoms with E-state index in [1.54, 1.807) is 12.4 Å². The Morgan fingerprint density at radius 1 is 1.19 bits per heavy atom. The lowest BCUT2D eigenvalue weighted by Crippen LogP contribution is -2.16. The fraction of sp³-hybridized carbons (Fsp3) is 0.333. The van der Waals surface area contributed by atoms with Crippen LogP contribution in [0.3, 0.4) is 0 Å². The Morgan fingerprint density at radius 2 is 1.97 bits per heavy atom. The summed E-state index contributed by atoms with van der Waals surface area (Å²) in [7, 11) is 0. The summed E-state index contributed by atoms with van der Waals surface area (Å²) in [5, 5.41) is 10.2. The summed E-state index contributed by atoms with van der Waals surface area (Å²) in [4.78, 5) is 20.8. The second kappa shape index (κ2) is 10.1. The lowest BCUT2D eigenvalue weighted by Gasteiger charge is -2.13. The fourth-order valence-corrected chi connectivity index (χ4v) is 4.70.